The van der Waals surface area contributed by atoms with Gasteiger partial charge in [-0.15, -0.1) is 0 Å². The summed E-state index contributed by atoms with van der Waals surface area (Å²) in [6.45, 7) is 0. The zero-order valence-electron chi connectivity index (χ0n) is 12.6. The summed E-state index contributed by atoms with van der Waals surface area (Å²) in [5, 5.41) is 3.20. The molecule has 0 atom stereocenters. The third-order valence-corrected chi connectivity index (χ3v) is 4.07. The number of aromatic nitrogens is 1. The highest BCUT2D eigenvalue weighted by Gasteiger charge is 2.19. The van der Waals surface area contributed by atoms with Gasteiger partial charge >= 0.3 is 0 Å². The number of rotatable bonds is 4. The zero-order valence-corrected chi connectivity index (χ0v) is 13.5. The van der Waals surface area contributed by atoms with Gasteiger partial charge in [0.25, 0.3) is 5.91 Å². The van der Waals surface area contributed by atoms with Crippen molar-refractivity contribution in [3.8, 4) is 11.3 Å². The molecule has 1 heterocycles. The lowest BCUT2D eigenvalue weighted by atomic mass is 10.1. The molecule has 24 heavy (non-hydrogen) atoms. The van der Waals surface area contributed by atoms with E-state index in [4.69, 9.17) is 11.5 Å². The second-order valence-corrected chi connectivity index (χ2v) is 5.87. The molecular formula is C17H15N5OS. The van der Waals surface area contributed by atoms with Crippen LogP contribution in [0.25, 0.3) is 11.3 Å². The summed E-state index contributed by atoms with van der Waals surface area (Å²) in [6, 6.07) is 18.7. The molecule has 0 fully saturated rings. The minimum absolute atomic E-state index is 0.0987. The molecule has 0 aliphatic heterocycles. The Balaban J connectivity index is 2.00. The van der Waals surface area contributed by atoms with E-state index < -0.39 is 0 Å². The molecule has 0 bridgehead atoms. The Morgan fingerprint density at radius 3 is 2.25 bits per heavy atom. The molecule has 0 saturated carbocycles. The molecule has 0 saturated heterocycles. The summed E-state index contributed by atoms with van der Waals surface area (Å²) in [5.41, 5.74) is 12.9. The van der Waals surface area contributed by atoms with Gasteiger partial charge in [-0.25, -0.2) is 4.98 Å². The molecule has 120 valence electrons. The van der Waals surface area contributed by atoms with Crippen LogP contribution in [0.4, 0.5) is 10.8 Å². The summed E-state index contributed by atoms with van der Waals surface area (Å²) in [7, 11) is 0. The second kappa shape index (κ2) is 6.93. The molecule has 0 radical (unpaired) electrons. The van der Waals surface area contributed by atoms with E-state index in [2.05, 4.69) is 15.3 Å². The van der Waals surface area contributed by atoms with Crippen LogP contribution in [0.15, 0.2) is 65.7 Å². The number of benzene rings is 2. The van der Waals surface area contributed by atoms with Crippen LogP contribution in [0, 0.1) is 0 Å². The van der Waals surface area contributed by atoms with Gasteiger partial charge in [-0.05, 0) is 12.1 Å². The first-order valence-electron chi connectivity index (χ1n) is 7.16. The Bertz CT molecular complexity index is 871. The van der Waals surface area contributed by atoms with Gasteiger partial charge in [-0.1, -0.05) is 59.9 Å². The maximum Gasteiger partial charge on any atom is 0.268 e. The number of carbonyl (C=O) groups excluding carboxylic acids is 1. The average Bonchev–Trinajstić information content (AvgIpc) is 3.00. The van der Waals surface area contributed by atoms with E-state index in [1.807, 2.05) is 60.7 Å². The number of thiazole rings is 1. The lowest BCUT2D eigenvalue weighted by molar-refractivity contribution is 0.103. The summed E-state index contributed by atoms with van der Waals surface area (Å²) in [5.74, 6) is -0.354. The molecule has 2 aromatic carbocycles. The third kappa shape index (κ3) is 3.58. The first kappa shape index (κ1) is 15.7. The molecule has 6 nitrogen and oxygen atoms in total. The van der Waals surface area contributed by atoms with Crippen molar-refractivity contribution in [2.75, 3.05) is 5.32 Å². The van der Waals surface area contributed by atoms with Gasteiger partial charge in [-0.3, -0.25) is 4.79 Å². The maximum absolute atomic E-state index is 12.7. The normalized spacial score (nSPS) is 10.2. The van der Waals surface area contributed by atoms with Crippen LogP contribution >= 0.6 is 11.3 Å². The molecule has 0 unspecified atom stereocenters. The smallest absolute Gasteiger partial charge is 0.268 e. The number of carbonyl (C=O) groups is 1. The van der Waals surface area contributed by atoms with Crippen LogP contribution in [0.5, 0.6) is 0 Å². The minimum Gasteiger partial charge on any atom is -0.370 e. The van der Waals surface area contributed by atoms with Crippen molar-refractivity contribution in [3.05, 3.63) is 65.5 Å². The molecule has 3 rings (SSSR count). The van der Waals surface area contributed by atoms with Crippen molar-refractivity contribution in [3.63, 3.8) is 0 Å². The van der Waals surface area contributed by atoms with Gasteiger partial charge in [-0.2, -0.15) is 4.99 Å². The van der Waals surface area contributed by atoms with Gasteiger partial charge in [0, 0.05) is 11.3 Å². The van der Waals surface area contributed by atoms with E-state index in [1.165, 1.54) is 0 Å². The molecular weight excluding hydrogens is 322 g/mol. The van der Waals surface area contributed by atoms with E-state index in [0.717, 1.165) is 16.9 Å². The van der Waals surface area contributed by atoms with Crippen LogP contribution in [0.2, 0.25) is 0 Å². The topological polar surface area (TPSA) is 106 Å². The number of para-hydroxylation sites is 1. The number of hydrogen-bond donors (Lipinski definition) is 3. The standard InChI is InChI=1S/C17H15N5OS/c18-16(19)22-17-21-13(11-7-3-1-4-8-11)14(24-17)15(23)20-12-9-5-2-6-10-12/h1-10H,(H,20,23)(H4,18,19,21,22). The van der Waals surface area contributed by atoms with Crippen LogP contribution in [-0.2, 0) is 0 Å². The zero-order chi connectivity index (χ0) is 16.9. The van der Waals surface area contributed by atoms with Crippen molar-refractivity contribution in [2.45, 2.75) is 0 Å². The molecule has 0 spiro atoms. The molecule has 7 heteroatoms. The van der Waals surface area contributed by atoms with Gasteiger partial charge in [0.15, 0.2) is 5.96 Å². The predicted octanol–water partition coefficient (Wildman–Crippen LogP) is 2.97. The van der Waals surface area contributed by atoms with Crippen molar-refractivity contribution < 1.29 is 4.79 Å². The summed E-state index contributed by atoms with van der Waals surface area (Å²) < 4.78 is 0. The highest BCUT2D eigenvalue weighted by molar-refractivity contribution is 7.17. The van der Waals surface area contributed by atoms with Crippen LogP contribution in [0.3, 0.4) is 0 Å². The van der Waals surface area contributed by atoms with E-state index in [-0.39, 0.29) is 11.9 Å². The maximum atomic E-state index is 12.7. The van der Waals surface area contributed by atoms with Crippen molar-refractivity contribution in [1.82, 2.24) is 4.98 Å². The van der Waals surface area contributed by atoms with Crippen molar-refractivity contribution in [2.24, 2.45) is 16.5 Å². The summed E-state index contributed by atoms with van der Waals surface area (Å²) >= 11 is 1.14. The van der Waals surface area contributed by atoms with Crippen LogP contribution < -0.4 is 16.8 Å². The summed E-state index contributed by atoms with van der Waals surface area (Å²) in [4.78, 5) is 21.5. The van der Waals surface area contributed by atoms with E-state index in [1.54, 1.807) is 0 Å². The fourth-order valence-electron chi connectivity index (χ4n) is 2.12. The Kier molecular flexibility index (Phi) is 4.53. The van der Waals surface area contributed by atoms with Crippen LogP contribution in [0.1, 0.15) is 9.67 Å². The molecule has 5 N–H and O–H groups in total. The molecule has 0 aliphatic rings. The fraction of sp³-hybridized carbons (Fsp3) is 0. The number of amides is 1. The first-order valence-corrected chi connectivity index (χ1v) is 7.97. The fourth-order valence-corrected chi connectivity index (χ4v) is 3.00. The second-order valence-electron chi connectivity index (χ2n) is 4.90. The molecule has 1 aromatic heterocycles. The molecule has 3 aromatic rings. The van der Waals surface area contributed by atoms with Gasteiger partial charge < -0.3 is 16.8 Å². The van der Waals surface area contributed by atoms with Gasteiger partial charge in [0.05, 0.1) is 5.69 Å². The number of aliphatic imine (C=N–C) groups is 1. The molecule has 0 aliphatic carbocycles. The molecule has 1 amide bonds. The van der Waals surface area contributed by atoms with E-state index in [9.17, 15) is 4.79 Å². The number of guanidine groups is 1. The Morgan fingerprint density at radius 1 is 1.00 bits per heavy atom. The average molecular weight is 337 g/mol. The Morgan fingerprint density at radius 2 is 1.62 bits per heavy atom. The van der Waals surface area contributed by atoms with E-state index >= 15 is 0 Å². The first-order chi connectivity index (χ1) is 11.6. The Hall–Kier alpha value is -3.19. The number of nitrogens with one attached hydrogen (secondary N) is 1. The number of hydrogen-bond acceptors (Lipinski definition) is 4. The van der Waals surface area contributed by atoms with Gasteiger partial charge in [0.1, 0.15) is 4.88 Å². The number of anilines is 1. The third-order valence-electron chi connectivity index (χ3n) is 3.13. The number of nitrogens with zero attached hydrogens (tertiary/aromatic N) is 2. The van der Waals surface area contributed by atoms with Crippen molar-refractivity contribution >= 4 is 34.0 Å². The van der Waals surface area contributed by atoms with Crippen molar-refractivity contribution in [1.29, 1.82) is 0 Å². The van der Waals surface area contributed by atoms with E-state index in [0.29, 0.717) is 21.4 Å². The lowest BCUT2D eigenvalue weighted by Gasteiger charge is -2.05. The van der Waals surface area contributed by atoms with Crippen LogP contribution in [-0.4, -0.2) is 16.9 Å². The van der Waals surface area contributed by atoms with Gasteiger partial charge in [0.2, 0.25) is 5.13 Å². The highest BCUT2D eigenvalue weighted by atomic mass is 32.1. The monoisotopic (exact) mass is 337 g/mol. The predicted molar refractivity (Wildman–Crippen MR) is 97.4 cm³/mol. The lowest BCUT2D eigenvalue weighted by Crippen LogP contribution is -2.21. The number of nitrogens with two attached hydrogens (primary N) is 2. The highest BCUT2D eigenvalue weighted by Crippen LogP contribution is 2.33. The minimum atomic E-state index is -0.255. The Labute approximate surface area is 142 Å². The quantitative estimate of drug-likeness (QED) is 0.502. The summed E-state index contributed by atoms with van der Waals surface area (Å²) in [6.07, 6.45) is 0. The SMILES string of the molecule is NC(N)=Nc1nc(-c2ccccc2)c(C(=O)Nc2ccccc2)s1. The largest absolute Gasteiger partial charge is 0.370 e.